The van der Waals surface area contributed by atoms with E-state index in [0.717, 1.165) is 69.2 Å². The Morgan fingerprint density at radius 3 is 1.70 bits per heavy atom. The second-order valence-electron chi connectivity index (χ2n) is 15.0. The number of ether oxygens (including phenoxy) is 4. The number of fused-ring (bicyclic) bond motifs is 2. The summed E-state index contributed by atoms with van der Waals surface area (Å²) < 4.78 is 23.7. The summed E-state index contributed by atoms with van der Waals surface area (Å²) in [4.78, 5) is 42.5. The minimum atomic E-state index is -0.0685. The summed E-state index contributed by atoms with van der Waals surface area (Å²) in [6.07, 6.45) is 4.31. The number of nitrogens with zero attached hydrogens (tertiary/aromatic N) is 5. The molecule has 2 aliphatic rings. The number of aromatic nitrogens is 2. The second kappa shape index (κ2) is 21.0. The number of hydrogen-bond donors (Lipinski definition) is 2. The van der Waals surface area contributed by atoms with Crippen LogP contribution in [-0.4, -0.2) is 121 Å². The monoisotopic (exact) mass is 866 g/mol. The van der Waals surface area contributed by atoms with Crippen molar-refractivity contribution in [3.8, 4) is 23.0 Å². The average molecular weight is 867 g/mol. The quantitative estimate of drug-likeness (QED) is 0.103. The van der Waals surface area contributed by atoms with Crippen LogP contribution in [0.25, 0.3) is 20.4 Å². The Balaban J connectivity index is 0.000000185. The maximum absolute atomic E-state index is 13.6. The molecule has 4 heterocycles. The molecule has 2 aromatic heterocycles. The number of benzene rings is 4. The molecule has 15 heteroatoms. The first kappa shape index (κ1) is 43.8. The van der Waals surface area contributed by atoms with E-state index < -0.39 is 0 Å². The van der Waals surface area contributed by atoms with Gasteiger partial charge in [0.15, 0.2) is 23.0 Å². The largest absolute Gasteiger partial charge is 0.493 e. The summed E-state index contributed by atoms with van der Waals surface area (Å²) in [5, 5.41) is 14.8. The molecule has 0 bridgehead atoms. The van der Waals surface area contributed by atoms with E-state index in [1.54, 1.807) is 87.5 Å². The average Bonchev–Trinajstić information content (AvgIpc) is 4.13. The van der Waals surface area contributed by atoms with Gasteiger partial charge in [-0.2, -0.15) is 0 Å². The van der Waals surface area contributed by atoms with Crippen LogP contribution < -0.4 is 24.3 Å². The first-order valence-electron chi connectivity index (χ1n) is 20.6. The van der Waals surface area contributed by atoms with Crippen molar-refractivity contribution in [2.45, 2.75) is 50.9 Å². The van der Waals surface area contributed by atoms with Crippen molar-refractivity contribution < 1.29 is 33.6 Å². The number of rotatable bonds is 16. The molecule has 0 unspecified atom stereocenters. The van der Waals surface area contributed by atoms with Crippen molar-refractivity contribution >= 4 is 54.9 Å². The van der Waals surface area contributed by atoms with Crippen molar-refractivity contribution in [3.05, 3.63) is 106 Å². The molecule has 0 spiro atoms. The van der Waals surface area contributed by atoms with E-state index in [-0.39, 0.29) is 24.5 Å². The lowest BCUT2D eigenvalue weighted by Crippen LogP contribution is -2.43. The molecule has 0 radical (unpaired) electrons. The highest BCUT2D eigenvalue weighted by Crippen LogP contribution is 2.31. The molecule has 0 aliphatic carbocycles. The molecule has 4 aromatic carbocycles. The summed E-state index contributed by atoms with van der Waals surface area (Å²) in [6.45, 7) is 4.88. The summed E-state index contributed by atoms with van der Waals surface area (Å²) >= 11 is 3.26. The second-order valence-corrected chi connectivity index (χ2v) is 17.2. The predicted octanol–water partition coefficient (Wildman–Crippen LogP) is 7.12. The van der Waals surface area contributed by atoms with Crippen LogP contribution in [0.3, 0.4) is 0 Å². The zero-order chi connectivity index (χ0) is 42.7. The standard InChI is InChI=1S/C24H29N3O4S.C22H25N3O3S/c1-30-20-10-9-17(14-21(20)31-2)24(29)27(15-18-6-5-11-26(18)12-13-28)16-23-25-19-7-3-4-8-22(19)32-23;1-27-18-10-9-15(12-19(18)28-2)22(26)25(13-16-6-5-11-23-16)14-21-24-17-7-3-4-8-20(17)29-21/h3-4,7-10,14,18,28H,5-6,11-13,15-16H2,1-2H3;3-4,7-10,12,16,23H,5-6,11,13-14H2,1-2H3/t18-;16-/m00/s1. The van der Waals surface area contributed by atoms with Gasteiger partial charge in [-0.25, -0.2) is 9.97 Å². The third kappa shape index (κ3) is 10.8. The Hall–Kier alpha value is -5.32. The van der Waals surface area contributed by atoms with Crippen LogP contribution in [0.15, 0.2) is 84.9 Å². The third-order valence-electron chi connectivity index (χ3n) is 11.1. The highest BCUT2D eigenvalue weighted by Gasteiger charge is 2.30. The molecule has 6 aromatic rings. The van der Waals surface area contributed by atoms with Crippen LogP contribution in [0.4, 0.5) is 0 Å². The van der Waals surface area contributed by atoms with Crippen molar-refractivity contribution in [3.63, 3.8) is 0 Å². The number of para-hydroxylation sites is 2. The molecule has 8 rings (SSSR count). The van der Waals surface area contributed by atoms with Gasteiger partial charge >= 0.3 is 0 Å². The van der Waals surface area contributed by atoms with Crippen molar-refractivity contribution in [2.24, 2.45) is 0 Å². The molecule has 322 valence electrons. The Kier molecular flexibility index (Phi) is 15.0. The minimum Gasteiger partial charge on any atom is -0.493 e. The fraction of sp³-hybridized carbons (Fsp3) is 0.391. The van der Waals surface area contributed by atoms with Crippen LogP contribution in [0.5, 0.6) is 23.0 Å². The lowest BCUT2D eigenvalue weighted by atomic mass is 10.1. The summed E-state index contributed by atoms with van der Waals surface area (Å²) in [7, 11) is 6.31. The van der Waals surface area contributed by atoms with E-state index in [4.69, 9.17) is 28.9 Å². The third-order valence-corrected chi connectivity index (χ3v) is 13.1. The number of likely N-dealkylation sites (tertiary alicyclic amines) is 1. The normalized spacial score (nSPS) is 16.3. The number of amides is 2. The molecular formula is C46H54N6O7S2. The number of aliphatic hydroxyl groups is 1. The van der Waals surface area contributed by atoms with Gasteiger partial charge in [-0.05, 0) is 99.4 Å². The number of nitrogens with one attached hydrogen (secondary N) is 1. The number of hydrogen-bond acceptors (Lipinski definition) is 13. The molecule has 2 aliphatic heterocycles. The van der Waals surface area contributed by atoms with Gasteiger partial charge in [0.05, 0.1) is 68.6 Å². The number of β-amino-alcohol motifs (C(OH)–C–C–N with tert-alkyl or cyclic N) is 1. The molecule has 0 saturated carbocycles. The van der Waals surface area contributed by atoms with Gasteiger partial charge in [0.2, 0.25) is 0 Å². The van der Waals surface area contributed by atoms with Gasteiger partial charge in [-0.15, -0.1) is 22.7 Å². The number of carbonyl (C=O) groups is 2. The molecule has 2 amide bonds. The molecule has 2 fully saturated rings. The minimum absolute atomic E-state index is 0.0288. The van der Waals surface area contributed by atoms with Gasteiger partial charge in [-0.3, -0.25) is 14.5 Å². The predicted molar refractivity (Wildman–Crippen MR) is 241 cm³/mol. The van der Waals surface area contributed by atoms with E-state index in [9.17, 15) is 14.7 Å². The first-order valence-corrected chi connectivity index (χ1v) is 22.2. The zero-order valence-corrected chi connectivity index (χ0v) is 36.8. The van der Waals surface area contributed by atoms with E-state index >= 15 is 0 Å². The summed E-state index contributed by atoms with van der Waals surface area (Å²) in [6, 6.07) is 27.2. The maximum Gasteiger partial charge on any atom is 0.254 e. The van der Waals surface area contributed by atoms with E-state index in [0.29, 0.717) is 72.9 Å². The number of thiazole rings is 2. The fourth-order valence-corrected chi connectivity index (χ4v) is 9.97. The molecule has 2 saturated heterocycles. The summed E-state index contributed by atoms with van der Waals surface area (Å²) in [5.74, 6) is 2.18. The molecule has 2 atom stereocenters. The number of aliphatic hydroxyl groups excluding tert-OH is 1. The Morgan fingerprint density at radius 2 is 1.23 bits per heavy atom. The van der Waals surface area contributed by atoms with Crippen LogP contribution in [-0.2, 0) is 13.1 Å². The molecule has 2 N–H and O–H groups in total. The van der Waals surface area contributed by atoms with Crippen LogP contribution >= 0.6 is 22.7 Å². The van der Waals surface area contributed by atoms with Gasteiger partial charge in [-0.1, -0.05) is 24.3 Å². The smallest absolute Gasteiger partial charge is 0.254 e. The van der Waals surface area contributed by atoms with E-state index in [2.05, 4.69) is 22.3 Å². The Labute approximate surface area is 364 Å². The van der Waals surface area contributed by atoms with Crippen LogP contribution in [0.2, 0.25) is 0 Å². The highest BCUT2D eigenvalue weighted by molar-refractivity contribution is 7.18. The SMILES string of the molecule is COc1ccc(C(=O)N(Cc2nc3ccccc3s2)C[C@@H]2CCCN2)cc1OC.COc1ccc(C(=O)N(Cc2nc3ccccc3s2)C[C@@H]2CCCN2CCO)cc1OC. The van der Waals surface area contributed by atoms with Crippen LogP contribution in [0, 0.1) is 0 Å². The van der Waals surface area contributed by atoms with Crippen LogP contribution in [0.1, 0.15) is 56.4 Å². The van der Waals surface area contributed by atoms with E-state index in [1.807, 2.05) is 46.2 Å². The lowest BCUT2D eigenvalue weighted by molar-refractivity contribution is 0.0678. The molecule has 61 heavy (non-hydrogen) atoms. The molecule has 13 nitrogen and oxygen atoms in total. The van der Waals surface area contributed by atoms with Gasteiger partial charge in [0.25, 0.3) is 11.8 Å². The first-order chi connectivity index (χ1) is 29.8. The number of carbonyl (C=O) groups excluding carboxylic acids is 2. The lowest BCUT2D eigenvalue weighted by Gasteiger charge is -2.30. The molecular weight excluding hydrogens is 813 g/mol. The maximum atomic E-state index is 13.6. The highest BCUT2D eigenvalue weighted by atomic mass is 32.1. The number of methoxy groups -OCH3 is 4. The Bertz CT molecular complexity index is 2330. The van der Waals surface area contributed by atoms with Gasteiger partial charge < -0.3 is 39.2 Å². The van der Waals surface area contributed by atoms with Crippen molar-refractivity contribution in [1.29, 1.82) is 0 Å². The van der Waals surface area contributed by atoms with E-state index in [1.165, 1.54) is 0 Å². The van der Waals surface area contributed by atoms with Gasteiger partial charge in [0.1, 0.15) is 10.0 Å². The summed E-state index contributed by atoms with van der Waals surface area (Å²) in [5.41, 5.74) is 3.07. The van der Waals surface area contributed by atoms with Crippen molar-refractivity contribution in [1.82, 2.24) is 30.0 Å². The Morgan fingerprint density at radius 1 is 0.705 bits per heavy atom. The topological polar surface area (TPSA) is 139 Å². The fourth-order valence-electron chi connectivity index (χ4n) is 8.00. The van der Waals surface area contributed by atoms with Gasteiger partial charge in [0, 0.05) is 42.8 Å². The van der Waals surface area contributed by atoms with Crippen molar-refractivity contribution in [2.75, 3.05) is 67.8 Å². The zero-order valence-electron chi connectivity index (χ0n) is 35.2.